The Labute approximate surface area is 148 Å². The molecule has 6 nitrogen and oxygen atoms in total. The van der Waals surface area contributed by atoms with E-state index in [1.54, 1.807) is 0 Å². The van der Waals surface area contributed by atoms with Crippen molar-refractivity contribution < 1.29 is 28.4 Å². The monoisotopic (exact) mass is 350 g/mol. The topological polar surface area (TPSA) is 55.4 Å². The van der Waals surface area contributed by atoms with E-state index in [-0.39, 0.29) is 24.4 Å². The number of ether oxygens (including phenoxy) is 6. The molecule has 0 saturated carbocycles. The summed E-state index contributed by atoms with van der Waals surface area (Å²) >= 11 is 0. The van der Waals surface area contributed by atoms with Crippen molar-refractivity contribution >= 4 is 0 Å². The van der Waals surface area contributed by atoms with Gasteiger partial charge in [-0.2, -0.15) is 0 Å². The smallest absolute Gasteiger partial charge is 0.187 e. The van der Waals surface area contributed by atoms with Gasteiger partial charge >= 0.3 is 0 Å². The first-order valence-corrected chi connectivity index (χ1v) is 8.81. The molecule has 0 spiro atoms. The summed E-state index contributed by atoms with van der Waals surface area (Å²) in [5.41, 5.74) is 1.09. The number of fused-ring (bicyclic) bond motifs is 1. The third kappa shape index (κ3) is 3.60. The van der Waals surface area contributed by atoms with Gasteiger partial charge in [0.05, 0.1) is 13.2 Å². The first-order valence-electron chi connectivity index (χ1n) is 8.81. The standard InChI is InChI=1S/C19H26O6/c1-18(2)21-11-13(23-18)14-15-16(25-19(3,4)24-15)17(22-14)20-10-12-8-6-5-7-9-12/h5-9,13-17H,10-11H2,1-4H3/t13-,14-,15-,16-,17+/m1/s1. The second-order valence-electron chi connectivity index (χ2n) is 7.70. The molecule has 3 fully saturated rings. The molecule has 25 heavy (non-hydrogen) atoms. The lowest BCUT2D eigenvalue weighted by atomic mass is 10.1. The molecule has 0 aromatic heterocycles. The van der Waals surface area contributed by atoms with E-state index in [0.29, 0.717) is 13.2 Å². The third-order valence-corrected chi connectivity index (χ3v) is 4.70. The third-order valence-electron chi connectivity index (χ3n) is 4.70. The minimum Gasteiger partial charge on any atom is -0.348 e. The van der Waals surface area contributed by atoms with Gasteiger partial charge in [-0.25, -0.2) is 0 Å². The first kappa shape index (κ1) is 17.4. The van der Waals surface area contributed by atoms with Gasteiger partial charge in [0.25, 0.3) is 0 Å². The zero-order chi connectivity index (χ0) is 17.7. The van der Waals surface area contributed by atoms with Crippen LogP contribution in [-0.2, 0) is 35.0 Å². The Hall–Kier alpha value is -1.02. The van der Waals surface area contributed by atoms with Crippen LogP contribution in [-0.4, -0.2) is 48.9 Å². The Morgan fingerprint density at radius 3 is 2.32 bits per heavy atom. The van der Waals surface area contributed by atoms with Crippen molar-refractivity contribution in [2.75, 3.05) is 6.61 Å². The van der Waals surface area contributed by atoms with Crippen LogP contribution < -0.4 is 0 Å². The van der Waals surface area contributed by atoms with Crippen molar-refractivity contribution in [3.63, 3.8) is 0 Å². The van der Waals surface area contributed by atoms with Gasteiger partial charge in [0, 0.05) is 0 Å². The highest BCUT2D eigenvalue weighted by atomic mass is 16.8. The van der Waals surface area contributed by atoms with E-state index in [1.165, 1.54) is 0 Å². The second kappa shape index (κ2) is 6.30. The minimum atomic E-state index is -0.666. The van der Waals surface area contributed by atoms with Gasteiger partial charge in [0.1, 0.15) is 24.4 Å². The summed E-state index contributed by atoms with van der Waals surface area (Å²) in [5, 5.41) is 0. The predicted molar refractivity (Wildman–Crippen MR) is 88.6 cm³/mol. The van der Waals surface area contributed by atoms with E-state index in [1.807, 2.05) is 58.0 Å². The molecule has 3 heterocycles. The molecule has 138 valence electrons. The molecule has 5 atom stereocenters. The maximum Gasteiger partial charge on any atom is 0.187 e. The second-order valence-corrected chi connectivity index (χ2v) is 7.70. The molecule has 3 saturated heterocycles. The van der Waals surface area contributed by atoms with E-state index in [0.717, 1.165) is 5.56 Å². The number of hydrogen-bond acceptors (Lipinski definition) is 6. The van der Waals surface area contributed by atoms with Gasteiger partial charge in [0.2, 0.25) is 0 Å². The van der Waals surface area contributed by atoms with Crippen molar-refractivity contribution in [3.05, 3.63) is 35.9 Å². The SMILES string of the molecule is CC1(C)O[C@H]2[C@@H](O1)[C@@H](OCc1ccccc1)O[C@@H]2[C@H]1COC(C)(C)O1. The van der Waals surface area contributed by atoms with Crippen LogP contribution in [0.3, 0.4) is 0 Å². The van der Waals surface area contributed by atoms with Gasteiger partial charge in [-0.05, 0) is 33.3 Å². The van der Waals surface area contributed by atoms with Crippen LogP contribution in [0.5, 0.6) is 0 Å². The number of benzene rings is 1. The summed E-state index contributed by atoms with van der Waals surface area (Å²) in [4.78, 5) is 0. The molecule has 1 aromatic carbocycles. The van der Waals surface area contributed by atoms with Crippen LogP contribution in [0.2, 0.25) is 0 Å². The van der Waals surface area contributed by atoms with E-state index in [4.69, 9.17) is 28.4 Å². The Balaban J connectivity index is 1.47. The van der Waals surface area contributed by atoms with Crippen LogP contribution in [0.4, 0.5) is 0 Å². The fourth-order valence-corrected chi connectivity index (χ4v) is 3.65. The molecule has 0 N–H and O–H groups in total. The summed E-state index contributed by atoms with van der Waals surface area (Å²) in [5.74, 6) is -1.28. The maximum atomic E-state index is 6.14. The lowest BCUT2D eigenvalue weighted by Crippen LogP contribution is -2.40. The van der Waals surface area contributed by atoms with Crippen LogP contribution in [0, 0.1) is 0 Å². The first-order chi connectivity index (χ1) is 11.8. The lowest BCUT2D eigenvalue weighted by molar-refractivity contribution is -0.250. The quantitative estimate of drug-likeness (QED) is 0.832. The lowest BCUT2D eigenvalue weighted by Gasteiger charge is -2.27. The van der Waals surface area contributed by atoms with Crippen molar-refractivity contribution in [3.8, 4) is 0 Å². The average Bonchev–Trinajstić information content (AvgIpc) is 3.17. The maximum absolute atomic E-state index is 6.14. The molecule has 0 amide bonds. The van der Waals surface area contributed by atoms with Crippen LogP contribution in [0.1, 0.15) is 33.3 Å². The summed E-state index contributed by atoms with van der Waals surface area (Å²) < 4.78 is 36.0. The van der Waals surface area contributed by atoms with E-state index in [2.05, 4.69) is 0 Å². The molecular weight excluding hydrogens is 324 g/mol. The number of rotatable bonds is 4. The van der Waals surface area contributed by atoms with Gasteiger partial charge in [0.15, 0.2) is 17.9 Å². The van der Waals surface area contributed by atoms with Crippen molar-refractivity contribution in [2.45, 2.75) is 76.6 Å². The Bertz CT molecular complexity index is 601. The fraction of sp³-hybridized carbons (Fsp3) is 0.684. The van der Waals surface area contributed by atoms with Crippen molar-refractivity contribution in [1.29, 1.82) is 0 Å². The summed E-state index contributed by atoms with van der Waals surface area (Å²) in [6, 6.07) is 10.0. The zero-order valence-electron chi connectivity index (χ0n) is 15.1. The van der Waals surface area contributed by atoms with Gasteiger partial charge in [-0.3, -0.25) is 0 Å². The number of hydrogen-bond donors (Lipinski definition) is 0. The van der Waals surface area contributed by atoms with Gasteiger partial charge in [-0.15, -0.1) is 0 Å². The van der Waals surface area contributed by atoms with Gasteiger partial charge in [-0.1, -0.05) is 30.3 Å². The van der Waals surface area contributed by atoms with E-state index < -0.39 is 17.9 Å². The molecule has 0 bridgehead atoms. The average molecular weight is 350 g/mol. The summed E-state index contributed by atoms with van der Waals surface area (Å²) in [6.45, 7) is 8.55. The summed E-state index contributed by atoms with van der Waals surface area (Å²) in [6.07, 6.45) is -1.50. The van der Waals surface area contributed by atoms with Crippen LogP contribution in [0.25, 0.3) is 0 Å². The predicted octanol–water partition coefficient (Wildman–Crippen LogP) is 2.60. The van der Waals surface area contributed by atoms with Crippen molar-refractivity contribution in [1.82, 2.24) is 0 Å². The Kier molecular flexibility index (Phi) is 4.38. The zero-order valence-corrected chi connectivity index (χ0v) is 15.1. The van der Waals surface area contributed by atoms with Crippen LogP contribution >= 0.6 is 0 Å². The van der Waals surface area contributed by atoms with Crippen molar-refractivity contribution in [2.24, 2.45) is 0 Å². The highest BCUT2D eigenvalue weighted by Gasteiger charge is 2.59. The summed E-state index contributed by atoms with van der Waals surface area (Å²) in [7, 11) is 0. The molecule has 6 heteroatoms. The molecule has 1 aromatic rings. The fourth-order valence-electron chi connectivity index (χ4n) is 3.65. The molecule has 0 aliphatic carbocycles. The molecule has 4 rings (SSSR count). The van der Waals surface area contributed by atoms with E-state index in [9.17, 15) is 0 Å². The highest BCUT2D eigenvalue weighted by Crippen LogP contribution is 2.42. The minimum absolute atomic E-state index is 0.203. The molecule has 0 radical (unpaired) electrons. The van der Waals surface area contributed by atoms with E-state index >= 15 is 0 Å². The Morgan fingerprint density at radius 1 is 0.920 bits per heavy atom. The highest BCUT2D eigenvalue weighted by molar-refractivity contribution is 5.13. The Morgan fingerprint density at radius 2 is 1.64 bits per heavy atom. The van der Waals surface area contributed by atoms with Crippen LogP contribution in [0.15, 0.2) is 30.3 Å². The van der Waals surface area contributed by atoms with Gasteiger partial charge < -0.3 is 28.4 Å². The molecule has 0 unspecified atom stereocenters. The normalized spacial score (nSPS) is 38.8. The molecule has 3 aliphatic rings. The molecule has 3 aliphatic heterocycles. The largest absolute Gasteiger partial charge is 0.348 e. The molecular formula is C19H26O6.